The van der Waals surface area contributed by atoms with Crippen LogP contribution in [0, 0.1) is 0 Å². The summed E-state index contributed by atoms with van der Waals surface area (Å²) in [5, 5.41) is 12.4. The minimum atomic E-state index is -3.18. The van der Waals surface area contributed by atoms with Gasteiger partial charge in [-0.2, -0.15) is 0 Å². The Labute approximate surface area is 160 Å². The number of amides is 1. The maximum Gasteiger partial charge on any atom is 0.547 e. The SMILES string of the molecule is CC(=O)OC(C)OC(=O)c1cccc2c1OB(O)C(NC(=O)CC(C)(F)F)C2. The number of carbonyl (C=O) groups is 3. The maximum atomic E-state index is 13.0. The zero-order valence-corrected chi connectivity index (χ0v) is 15.5. The molecule has 1 amide bonds. The van der Waals surface area contributed by atoms with E-state index in [0.29, 0.717) is 12.5 Å². The van der Waals surface area contributed by atoms with Crippen molar-refractivity contribution in [3.8, 4) is 5.75 Å². The highest BCUT2D eigenvalue weighted by molar-refractivity contribution is 6.47. The molecule has 2 unspecified atom stereocenters. The van der Waals surface area contributed by atoms with Crippen LogP contribution in [0.2, 0.25) is 0 Å². The van der Waals surface area contributed by atoms with Gasteiger partial charge in [0.1, 0.15) is 11.3 Å². The van der Waals surface area contributed by atoms with Crippen molar-refractivity contribution in [1.82, 2.24) is 5.32 Å². The molecule has 28 heavy (non-hydrogen) atoms. The average molecular weight is 399 g/mol. The van der Waals surface area contributed by atoms with E-state index in [2.05, 4.69) is 5.32 Å². The lowest BCUT2D eigenvalue weighted by molar-refractivity contribution is -0.162. The standard InChI is InChI=1S/C17H20BF2NO7/c1-9(22)26-10(2)27-16(24)12-6-4-5-11-7-13(18(25)28-15(11)12)21-14(23)8-17(3,19)20/h4-6,10,13,25H,7-8H2,1-3H3,(H,21,23). The molecule has 0 aliphatic carbocycles. The fourth-order valence-electron chi connectivity index (χ4n) is 2.72. The van der Waals surface area contributed by atoms with Gasteiger partial charge in [0.2, 0.25) is 12.2 Å². The molecule has 0 radical (unpaired) electrons. The molecule has 8 nitrogen and oxygen atoms in total. The smallest absolute Gasteiger partial charge is 0.534 e. The van der Waals surface area contributed by atoms with E-state index in [-0.39, 0.29) is 17.7 Å². The number of rotatable bonds is 6. The lowest BCUT2D eigenvalue weighted by atomic mass is 9.72. The molecule has 1 aliphatic heterocycles. The Bertz CT molecular complexity index is 768. The molecule has 0 saturated heterocycles. The van der Waals surface area contributed by atoms with E-state index in [1.165, 1.54) is 19.1 Å². The minimum Gasteiger partial charge on any atom is -0.534 e. The van der Waals surface area contributed by atoms with E-state index in [1.54, 1.807) is 6.07 Å². The van der Waals surface area contributed by atoms with Crippen LogP contribution in [0.5, 0.6) is 5.75 Å². The first-order valence-corrected chi connectivity index (χ1v) is 8.48. The van der Waals surface area contributed by atoms with Crippen molar-refractivity contribution in [3.63, 3.8) is 0 Å². The summed E-state index contributed by atoms with van der Waals surface area (Å²) < 4.78 is 41.0. The summed E-state index contributed by atoms with van der Waals surface area (Å²) in [5.74, 6) is -6.51. The zero-order chi connectivity index (χ0) is 21.1. The molecule has 2 N–H and O–H groups in total. The first kappa shape index (κ1) is 21.6. The Morgan fingerprint density at radius 2 is 2.07 bits per heavy atom. The summed E-state index contributed by atoms with van der Waals surface area (Å²) in [5.41, 5.74) is 0.453. The third-order valence-corrected chi connectivity index (χ3v) is 3.76. The number of ether oxygens (including phenoxy) is 2. The van der Waals surface area contributed by atoms with Crippen LogP contribution in [0.15, 0.2) is 18.2 Å². The number of fused-ring (bicyclic) bond motifs is 1. The van der Waals surface area contributed by atoms with Crippen LogP contribution in [0.3, 0.4) is 0 Å². The number of hydrogen-bond acceptors (Lipinski definition) is 7. The van der Waals surface area contributed by atoms with Crippen LogP contribution in [-0.2, 0) is 25.5 Å². The summed E-state index contributed by atoms with van der Waals surface area (Å²) in [6.07, 6.45) is -2.10. The molecule has 1 heterocycles. The van der Waals surface area contributed by atoms with E-state index >= 15 is 0 Å². The normalized spacial score (nSPS) is 17.1. The molecular formula is C17H20BF2NO7. The van der Waals surface area contributed by atoms with Crippen molar-refractivity contribution in [3.05, 3.63) is 29.3 Å². The molecule has 0 aromatic heterocycles. The van der Waals surface area contributed by atoms with Gasteiger partial charge in [0.05, 0.1) is 12.4 Å². The third-order valence-electron chi connectivity index (χ3n) is 3.76. The Balaban J connectivity index is 2.12. The lowest BCUT2D eigenvalue weighted by Crippen LogP contribution is -2.53. The monoisotopic (exact) mass is 399 g/mol. The number of para-hydroxylation sites is 1. The Kier molecular flexibility index (Phi) is 6.60. The van der Waals surface area contributed by atoms with Crippen LogP contribution in [0.1, 0.15) is 43.1 Å². The van der Waals surface area contributed by atoms with Crippen molar-refractivity contribution >= 4 is 25.0 Å². The topological polar surface area (TPSA) is 111 Å². The molecule has 152 valence electrons. The number of esters is 2. The number of alkyl halides is 2. The summed E-state index contributed by atoms with van der Waals surface area (Å²) in [6.45, 7) is 3.14. The molecular weight excluding hydrogens is 379 g/mol. The summed E-state index contributed by atoms with van der Waals surface area (Å²) in [7, 11) is -1.55. The molecule has 0 spiro atoms. The van der Waals surface area contributed by atoms with Gasteiger partial charge in [0.15, 0.2) is 0 Å². The van der Waals surface area contributed by atoms with Gasteiger partial charge in [0, 0.05) is 13.8 Å². The third kappa shape index (κ3) is 5.91. The number of hydrogen-bond donors (Lipinski definition) is 2. The predicted octanol–water partition coefficient (Wildman–Crippen LogP) is 1.24. The second-order valence-electron chi connectivity index (χ2n) is 6.51. The number of benzene rings is 1. The largest absolute Gasteiger partial charge is 0.547 e. The summed E-state index contributed by atoms with van der Waals surface area (Å²) >= 11 is 0. The molecule has 1 aromatic carbocycles. The summed E-state index contributed by atoms with van der Waals surface area (Å²) in [4.78, 5) is 34.9. The fourth-order valence-corrected chi connectivity index (χ4v) is 2.72. The lowest BCUT2D eigenvalue weighted by Gasteiger charge is -2.29. The fraction of sp³-hybridized carbons (Fsp3) is 0.471. The quantitative estimate of drug-likeness (QED) is 0.421. The molecule has 2 atom stereocenters. The molecule has 0 saturated carbocycles. The zero-order valence-electron chi connectivity index (χ0n) is 15.5. The van der Waals surface area contributed by atoms with Gasteiger partial charge in [-0.25, -0.2) is 13.6 Å². The number of halogens is 2. The van der Waals surface area contributed by atoms with E-state index in [1.807, 2.05) is 0 Å². The number of carbonyl (C=O) groups excluding carboxylic acids is 3. The minimum absolute atomic E-state index is 0.0135. The van der Waals surface area contributed by atoms with Crippen molar-refractivity contribution < 1.29 is 42.3 Å². The van der Waals surface area contributed by atoms with E-state index in [4.69, 9.17) is 14.1 Å². The highest BCUT2D eigenvalue weighted by Crippen LogP contribution is 2.31. The average Bonchev–Trinajstić information content (AvgIpc) is 2.52. The van der Waals surface area contributed by atoms with Crippen molar-refractivity contribution in [1.29, 1.82) is 0 Å². The van der Waals surface area contributed by atoms with Crippen molar-refractivity contribution in [2.75, 3.05) is 0 Å². The number of nitrogens with one attached hydrogen (secondary N) is 1. The van der Waals surface area contributed by atoms with Gasteiger partial charge in [-0.3, -0.25) is 9.59 Å². The van der Waals surface area contributed by atoms with E-state index < -0.39 is 49.5 Å². The van der Waals surface area contributed by atoms with Crippen LogP contribution in [-0.4, -0.2) is 48.1 Å². The van der Waals surface area contributed by atoms with Crippen LogP contribution < -0.4 is 9.97 Å². The molecule has 2 rings (SSSR count). The van der Waals surface area contributed by atoms with Gasteiger partial charge < -0.3 is 24.5 Å². The second-order valence-corrected chi connectivity index (χ2v) is 6.51. The van der Waals surface area contributed by atoms with Crippen LogP contribution >= 0.6 is 0 Å². The highest BCUT2D eigenvalue weighted by Gasteiger charge is 2.39. The van der Waals surface area contributed by atoms with Gasteiger partial charge in [-0.15, -0.1) is 0 Å². The van der Waals surface area contributed by atoms with Crippen molar-refractivity contribution in [2.24, 2.45) is 0 Å². The van der Waals surface area contributed by atoms with Gasteiger partial charge in [-0.05, 0) is 25.0 Å². The Morgan fingerprint density at radius 3 is 2.68 bits per heavy atom. The molecule has 1 aromatic rings. The van der Waals surface area contributed by atoms with Crippen molar-refractivity contribution in [2.45, 2.75) is 51.8 Å². The first-order valence-electron chi connectivity index (χ1n) is 8.48. The van der Waals surface area contributed by atoms with Crippen LogP contribution in [0.25, 0.3) is 0 Å². The van der Waals surface area contributed by atoms with Gasteiger partial charge >= 0.3 is 19.1 Å². The van der Waals surface area contributed by atoms with Crippen LogP contribution in [0.4, 0.5) is 8.78 Å². The maximum absolute atomic E-state index is 13.0. The van der Waals surface area contributed by atoms with E-state index in [9.17, 15) is 28.2 Å². The molecule has 0 bridgehead atoms. The second kappa shape index (κ2) is 8.55. The van der Waals surface area contributed by atoms with E-state index in [0.717, 1.165) is 6.92 Å². The molecule has 0 fully saturated rings. The Morgan fingerprint density at radius 1 is 1.39 bits per heavy atom. The highest BCUT2D eigenvalue weighted by atomic mass is 19.3. The molecule has 11 heteroatoms. The Hall–Kier alpha value is -2.69. The first-order chi connectivity index (χ1) is 13.0. The van der Waals surface area contributed by atoms with Gasteiger partial charge in [-0.1, -0.05) is 12.1 Å². The molecule has 1 aliphatic rings. The van der Waals surface area contributed by atoms with Gasteiger partial charge in [0.25, 0.3) is 5.92 Å². The predicted molar refractivity (Wildman–Crippen MR) is 92.6 cm³/mol. The summed E-state index contributed by atoms with van der Waals surface area (Å²) in [6, 6.07) is 4.53.